The third-order valence-corrected chi connectivity index (χ3v) is 7.05. The number of carbonyl (C=O) groups excluding carboxylic acids is 2. The van der Waals surface area contributed by atoms with Crippen molar-refractivity contribution in [2.45, 2.75) is 18.2 Å². The van der Waals surface area contributed by atoms with Gasteiger partial charge in [-0.1, -0.05) is 17.7 Å². The number of sulfonamides is 1. The Balaban J connectivity index is 1.50. The number of hydrogen-bond donors (Lipinski definition) is 1. The van der Waals surface area contributed by atoms with Gasteiger partial charge in [-0.2, -0.15) is 4.31 Å². The molecule has 10 heteroatoms. The van der Waals surface area contributed by atoms with Crippen LogP contribution in [0.4, 0.5) is 10.5 Å². The molecule has 9 nitrogen and oxygen atoms in total. The van der Waals surface area contributed by atoms with E-state index in [1.807, 2.05) is 6.92 Å². The zero-order valence-corrected chi connectivity index (χ0v) is 18.9. The van der Waals surface area contributed by atoms with Crippen LogP contribution in [0, 0.1) is 6.92 Å². The number of hydrogen-bond acceptors (Lipinski definition) is 6. The summed E-state index contributed by atoms with van der Waals surface area (Å²) in [7, 11) is -2.12. The molecule has 0 spiro atoms. The average molecular weight is 462 g/mol. The van der Waals surface area contributed by atoms with E-state index in [1.54, 1.807) is 55.6 Å². The zero-order chi connectivity index (χ0) is 23.1. The van der Waals surface area contributed by atoms with Gasteiger partial charge in [0.15, 0.2) is 0 Å². The molecule has 2 amide bonds. The number of anilines is 1. The molecule has 0 aliphatic carbocycles. The first-order valence-electron chi connectivity index (χ1n) is 10.2. The molecule has 172 valence electrons. The highest BCUT2D eigenvalue weighted by atomic mass is 32.2. The predicted octanol–water partition coefficient (Wildman–Crippen LogP) is 2.48. The van der Waals surface area contributed by atoms with Crippen molar-refractivity contribution >= 4 is 27.7 Å². The second-order valence-electron chi connectivity index (χ2n) is 7.34. The first-order valence-corrected chi connectivity index (χ1v) is 11.7. The van der Waals surface area contributed by atoms with Gasteiger partial charge in [-0.15, -0.1) is 0 Å². The van der Waals surface area contributed by atoms with E-state index in [0.717, 1.165) is 5.56 Å². The van der Waals surface area contributed by atoms with Crippen molar-refractivity contribution in [2.75, 3.05) is 45.2 Å². The summed E-state index contributed by atoms with van der Waals surface area (Å²) in [5.41, 5.74) is 1.52. The van der Waals surface area contributed by atoms with E-state index in [2.05, 4.69) is 5.32 Å². The molecule has 1 heterocycles. The average Bonchev–Trinajstić information content (AvgIpc) is 2.96. The minimum absolute atomic E-state index is 0.00155. The molecule has 1 saturated heterocycles. The standard InChI is InChI=1S/C22H27N3O6S/c1-17-3-9-20(10-4-17)32(28,29)25-12-11-21(26)24(13-14-25)15-16-31-22(27)23-18-5-7-19(30-2)8-6-18/h3-10H,11-16H2,1-2H3,(H,23,27). The maximum Gasteiger partial charge on any atom is 0.411 e. The molecule has 0 radical (unpaired) electrons. The van der Waals surface area contributed by atoms with Crippen LogP contribution in [-0.4, -0.2) is 69.5 Å². The highest BCUT2D eigenvalue weighted by Gasteiger charge is 2.29. The van der Waals surface area contributed by atoms with Crippen molar-refractivity contribution in [1.82, 2.24) is 9.21 Å². The van der Waals surface area contributed by atoms with E-state index in [1.165, 1.54) is 9.21 Å². The molecular weight excluding hydrogens is 434 g/mol. The van der Waals surface area contributed by atoms with Crippen LogP contribution < -0.4 is 10.1 Å². The van der Waals surface area contributed by atoms with Gasteiger partial charge in [0, 0.05) is 31.7 Å². The Morgan fingerprint density at radius 2 is 1.72 bits per heavy atom. The molecular formula is C22H27N3O6S. The molecule has 2 aromatic rings. The number of amides is 2. The summed E-state index contributed by atoms with van der Waals surface area (Å²) in [5.74, 6) is 0.493. The van der Waals surface area contributed by atoms with E-state index in [9.17, 15) is 18.0 Å². The molecule has 32 heavy (non-hydrogen) atoms. The van der Waals surface area contributed by atoms with Crippen LogP contribution >= 0.6 is 0 Å². The van der Waals surface area contributed by atoms with Gasteiger partial charge in [0.2, 0.25) is 15.9 Å². The summed E-state index contributed by atoms with van der Waals surface area (Å²) in [6.07, 6.45) is -0.565. The number of ether oxygens (including phenoxy) is 2. The Bertz CT molecular complexity index is 1040. The Morgan fingerprint density at radius 3 is 2.38 bits per heavy atom. The van der Waals surface area contributed by atoms with Gasteiger partial charge in [-0.25, -0.2) is 13.2 Å². The lowest BCUT2D eigenvalue weighted by atomic mass is 10.2. The third kappa shape index (κ3) is 5.98. The monoisotopic (exact) mass is 461 g/mol. The normalized spacial score (nSPS) is 15.2. The summed E-state index contributed by atoms with van der Waals surface area (Å²) in [6.45, 7) is 2.60. The molecule has 0 bridgehead atoms. The summed E-state index contributed by atoms with van der Waals surface area (Å²) in [5, 5.41) is 2.60. The molecule has 0 unspecified atom stereocenters. The fraction of sp³-hybridized carbons (Fsp3) is 0.364. The van der Waals surface area contributed by atoms with Gasteiger partial charge >= 0.3 is 6.09 Å². The number of rotatable bonds is 7. The quantitative estimate of drug-likeness (QED) is 0.679. The maximum atomic E-state index is 12.9. The summed E-state index contributed by atoms with van der Waals surface area (Å²) >= 11 is 0. The summed E-state index contributed by atoms with van der Waals surface area (Å²) in [6, 6.07) is 13.4. The van der Waals surface area contributed by atoms with Gasteiger partial charge < -0.3 is 14.4 Å². The molecule has 1 aliphatic rings. The lowest BCUT2D eigenvalue weighted by Crippen LogP contribution is -2.37. The largest absolute Gasteiger partial charge is 0.497 e. The number of nitrogens with one attached hydrogen (secondary N) is 1. The van der Waals surface area contributed by atoms with Crippen molar-refractivity contribution in [3.8, 4) is 5.75 Å². The molecule has 0 atom stereocenters. The van der Waals surface area contributed by atoms with E-state index in [-0.39, 0.29) is 50.0 Å². The van der Waals surface area contributed by atoms with Crippen molar-refractivity contribution in [1.29, 1.82) is 0 Å². The van der Waals surface area contributed by atoms with E-state index >= 15 is 0 Å². The highest BCUT2D eigenvalue weighted by molar-refractivity contribution is 7.89. The topological polar surface area (TPSA) is 105 Å². The summed E-state index contributed by atoms with van der Waals surface area (Å²) < 4.78 is 37.3. The molecule has 0 aromatic heterocycles. The van der Waals surface area contributed by atoms with Crippen LogP contribution in [-0.2, 0) is 19.6 Å². The van der Waals surface area contributed by atoms with Crippen LogP contribution in [0.15, 0.2) is 53.4 Å². The Kier molecular flexibility index (Phi) is 7.70. The highest BCUT2D eigenvalue weighted by Crippen LogP contribution is 2.19. The predicted molar refractivity (Wildman–Crippen MR) is 119 cm³/mol. The summed E-state index contributed by atoms with van der Waals surface area (Å²) in [4.78, 5) is 26.1. The van der Waals surface area contributed by atoms with Crippen LogP contribution in [0.2, 0.25) is 0 Å². The van der Waals surface area contributed by atoms with Gasteiger partial charge in [-0.3, -0.25) is 10.1 Å². The van der Waals surface area contributed by atoms with E-state index < -0.39 is 16.1 Å². The first-order chi connectivity index (χ1) is 15.3. The van der Waals surface area contributed by atoms with E-state index in [0.29, 0.717) is 11.4 Å². The van der Waals surface area contributed by atoms with Crippen molar-refractivity contribution in [3.05, 3.63) is 54.1 Å². The van der Waals surface area contributed by atoms with Gasteiger partial charge in [0.25, 0.3) is 0 Å². The second-order valence-corrected chi connectivity index (χ2v) is 9.28. The molecule has 1 aliphatic heterocycles. The third-order valence-electron chi connectivity index (χ3n) is 5.14. The number of aryl methyl sites for hydroxylation is 1. The smallest absolute Gasteiger partial charge is 0.411 e. The Labute approximate surface area is 188 Å². The fourth-order valence-corrected chi connectivity index (χ4v) is 4.69. The van der Waals surface area contributed by atoms with Gasteiger partial charge in [0.1, 0.15) is 12.4 Å². The second kappa shape index (κ2) is 10.5. The first kappa shape index (κ1) is 23.6. The van der Waals surface area contributed by atoms with Crippen molar-refractivity contribution < 1.29 is 27.5 Å². The molecule has 3 rings (SSSR count). The molecule has 0 saturated carbocycles. The van der Waals surface area contributed by atoms with Crippen LogP contribution in [0.25, 0.3) is 0 Å². The Hall–Kier alpha value is -3.11. The number of carbonyl (C=O) groups is 2. The molecule has 1 N–H and O–H groups in total. The van der Waals surface area contributed by atoms with Gasteiger partial charge in [-0.05, 0) is 43.3 Å². The lowest BCUT2D eigenvalue weighted by Gasteiger charge is -2.22. The fourth-order valence-electron chi connectivity index (χ4n) is 3.26. The maximum absolute atomic E-state index is 12.9. The SMILES string of the molecule is COc1ccc(NC(=O)OCCN2CCN(S(=O)(=O)c3ccc(C)cc3)CCC2=O)cc1. The number of benzene rings is 2. The van der Waals surface area contributed by atoms with Crippen LogP contribution in [0.1, 0.15) is 12.0 Å². The minimum atomic E-state index is -3.67. The van der Waals surface area contributed by atoms with Gasteiger partial charge in [0.05, 0.1) is 18.6 Å². The molecule has 1 fully saturated rings. The van der Waals surface area contributed by atoms with Crippen LogP contribution in [0.3, 0.4) is 0 Å². The zero-order valence-electron chi connectivity index (χ0n) is 18.1. The number of nitrogens with zero attached hydrogens (tertiary/aromatic N) is 2. The van der Waals surface area contributed by atoms with E-state index in [4.69, 9.17) is 9.47 Å². The number of methoxy groups -OCH3 is 1. The van der Waals surface area contributed by atoms with Crippen molar-refractivity contribution in [2.24, 2.45) is 0 Å². The Morgan fingerprint density at radius 1 is 1.03 bits per heavy atom. The molecule has 2 aromatic carbocycles. The minimum Gasteiger partial charge on any atom is -0.497 e. The van der Waals surface area contributed by atoms with Crippen LogP contribution in [0.5, 0.6) is 5.75 Å². The van der Waals surface area contributed by atoms with Crippen molar-refractivity contribution in [3.63, 3.8) is 0 Å². The lowest BCUT2D eigenvalue weighted by molar-refractivity contribution is -0.130.